The molecular weight excluding hydrogens is 328 g/mol. The standard InChI is InChI=1S/C13H11BrN2S2/c1-8-16-11-3-2-9(6-12(11)18-8)15-7-13-10(14)4-5-17-13/h2-6,15H,7H2,1H3. The number of nitrogens with one attached hydrogen (secondary N) is 1. The molecule has 3 rings (SSSR count). The Labute approximate surface area is 122 Å². The smallest absolute Gasteiger partial charge is 0.0907 e. The summed E-state index contributed by atoms with van der Waals surface area (Å²) in [4.78, 5) is 5.78. The molecule has 92 valence electrons. The molecule has 0 atom stereocenters. The first-order chi connectivity index (χ1) is 8.72. The van der Waals surface area contributed by atoms with Gasteiger partial charge in [0.2, 0.25) is 0 Å². The van der Waals surface area contributed by atoms with Crippen LogP contribution in [0.4, 0.5) is 5.69 Å². The van der Waals surface area contributed by atoms with Crippen LogP contribution in [0.1, 0.15) is 9.88 Å². The first-order valence-electron chi connectivity index (χ1n) is 5.55. The van der Waals surface area contributed by atoms with Gasteiger partial charge in [0.15, 0.2) is 0 Å². The second kappa shape index (κ2) is 4.99. The monoisotopic (exact) mass is 338 g/mol. The van der Waals surface area contributed by atoms with E-state index in [0.717, 1.165) is 22.8 Å². The lowest BCUT2D eigenvalue weighted by Crippen LogP contribution is -1.97. The van der Waals surface area contributed by atoms with Gasteiger partial charge in [-0.15, -0.1) is 22.7 Å². The van der Waals surface area contributed by atoms with Crippen LogP contribution < -0.4 is 5.32 Å². The number of hydrogen-bond acceptors (Lipinski definition) is 4. The van der Waals surface area contributed by atoms with Crippen molar-refractivity contribution in [3.8, 4) is 0 Å². The van der Waals surface area contributed by atoms with Gasteiger partial charge in [0, 0.05) is 15.0 Å². The first kappa shape index (κ1) is 12.1. The Bertz CT molecular complexity index is 687. The normalized spacial score (nSPS) is 11.0. The third-order valence-corrected chi connectivity index (χ3v) is 5.50. The van der Waals surface area contributed by atoms with Crippen LogP contribution >= 0.6 is 38.6 Å². The lowest BCUT2D eigenvalue weighted by atomic mass is 10.3. The van der Waals surface area contributed by atoms with E-state index in [0.29, 0.717) is 0 Å². The predicted octanol–water partition coefficient (Wildman–Crippen LogP) is 5.04. The second-order valence-corrected chi connectivity index (χ2v) is 7.05. The van der Waals surface area contributed by atoms with Crippen LogP contribution in [0.2, 0.25) is 0 Å². The fourth-order valence-corrected chi connectivity index (χ4v) is 4.08. The largest absolute Gasteiger partial charge is 0.380 e. The van der Waals surface area contributed by atoms with Crippen LogP contribution in [0.15, 0.2) is 34.1 Å². The van der Waals surface area contributed by atoms with Gasteiger partial charge in [-0.2, -0.15) is 0 Å². The van der Waals surface area contributed by atoms with E-state index in [9.17, 15) is 0 Å². The third kappa shape index (κ3) is 2.43. The Hall–Kier alpha value is -0.910. The molecule has 0 bridgehead atoms. The molecule has 2 nitrogen and oxygen atoms in total. The number of anilines is 1. The number of thiazole rings is 1. The van der Waals surface area contributed by atoms with Crippen molar-refractivity contribution in [3.05, 3.63) is 44.0 Å². The van der Waals surface area contributed by atoms with Crippen molar-refractivity contribution in [3.63, 3.8) is 0 Å². The molecule has 0 unspecified atom stereocenters. The fraction of sp³-hybridized carbons (Fsp3) is 0.154. The van der Waals surface area contributed by atoms with E-state index in [4.69, 9.17) is 0 Å². The highest BCUT2D eigenvalue weighted by molar-refractivity contribution is 9.10. The van der Waals surface area contributed by atoms with Crippen molar-refractivity contribution in [1.29, 1.82) is 0 Å². The van der Waals surface area contributed by atoms with E-state index in [2.05, 4.69) is 55.9 Å². The molecule has 2 aromatic heterocycles. The summed E-state index contributed by atoms with van der Waals surface area (Å²) >= 11 is 7.04. The zero-order chi connectivity index (χ0) is 12.5. The third-order valence-electron chi connectivity index (χ3n) is 2.64. The summed E-state index contributed by atoms with van der Waals surface area (Å²) in [6.07, 6.45) is 0. The number of halogens is 1. The maximum atomic E-state index is 4.46. The summed E-state index contributed by atoms with van der Waals surface area (Å²) < 4.78 is 2.41. The number of rotatable bonds is 3. The molecule has 0 spiro atoms. The summed E-state index contributed by atoms with van der Waals surface area (Å²) in [5.41, 5.74) is 2.23. The summed E-state index contributed by atoms with van der Waals surface area (Å²) in [5, 5.41) is 6.66. The van der Waals surface area contributed by atoms with E-state index >= 15 is 0 Å². The molecular formula is C13H11BrN2S2. The molecule has 0 aliphatic carbocycles. The van der Waals surface area contributed by atoms with Crippen molar-refractivity contribution in [2.75, 3.05) is 5.32 Å². The van der Waals surface area contributed by atoms with Crippen LogP contribution in [0.25, 0.3) is 10.2 Å². The number of thiophene rings is 1. The van der Waals surface area contributed by atoms with Crippen molar-refractivity contribution in [2.24, 2.45) is 0 Å². The van der Waals surface area contributed by atoms with Gasteiger partial charge in [-0.3, -0.25) is 0 Å². The van der Waals surface area contributed by atoms with Crippen molar-refractivity contribution in [1.82, 2.24) is 4.98 Å². The summed E-state index contributed by atoms with van der Waals surface area (Å²) in [6, 6.07) is 8.41. The van der Waals surface area contributed by atoms with Gasteiger partial charge in [-0.1, -0.05) is 0 Å². The predicted molar refractivity (Wildman–Crippen MR) is 83.7 cm³/mol. The molecule has 0 saturated carbocycles. The van der Waals surface area contributed by atoms with E-state index in [1.807, 2.05) is 6.92 Å². The average molecular weight is 339 g/mol. The quantitative estimate of drug-likeness (QED) is 0.723. The van der Waals surface area contributed by atoms with Gasteiger partial charge in [0.05, 0.1) is 21.8 Å². The first-order valence-corrected chi connectivity index (χ1v) is 8.04. The van der Waals surface area contributed by atoms with E-state index in [1.165, 1.54) is 14.0 Å². The van der Waals surface area contributed by atoms with Crippen LogP contribution in [0.3, 0.4) is 0 Å². The number of aryl methyl sites for hydroxylation is 1. The molecule has 0 saturated heterocycles. The van der Waals surface area contributed by atoms with Crippen LogP contribution in [-0.2, 0) is 6.54 Å². The molecule has 0 radical (unpaired) electrons. The zero-order valence-electron chi connectivity index (χ0n) is 9.74. The molecule has 0 aliphatic rings. The molecule has 18 heavy (non-hydrogen) atoms. The molecule has 1 N–H and O–H groups in total. The van der Waals surface area contributed by atoms with Gasteiger partial charge in [0.25, 0.3) is 0 Å². The van der Waals surface area contributed by atoms with Crippen molar-refractivity contribution < 1.29 is 0 Å². The van der Waals surface area contributed by atoms with E-state index in [1.54, 1.807) is 22.7 Å². The highest BCUT2D eigenvalue weighted by Gasteiger charge is 2.03. The highest BCUT2D eigenvalue weighted by Crippen LogP contribution is 2.27. The minimum atomic E-state index is 0.849. The number of hydrogen-bond donors (Lipinski definition) is 1. The van der Waals surface area contributed by atoms with Gasteiger partial charge >= 0.3 is 0 Å². The summed E-state index contributed by atoms with van der Waals surface area (Å²) in [6.45, 7) is 2.89. The topological polar surface area (TPSA) is 24.9 Å². The fourth-order valence-electron chi connectivity index (χ4n) is 1.78. The average Bonchev–Trinajstić information content (AvgIpc) is 2.90. The van der Waals surface area contributed by atoms with Gasteiger partial charge in [0.1, 0.15) is 0 Å². The number of aromatic nitrogens is 1. The molecule has 0 fully saturated rings. The van der Waals surface area contributed by atoms with Crippen LogP contribution in [0, 0.1) is 6.92 Å². The maximum Gasteiger partial charge on any atom is 0.0907 e. The minimum Gasteiger partial charge on any atom is -0.380 e. The van der Waals surface area contributed by atoms with Crippen molar-refractivity contribution in [2.45, 2.75) is 13.5 Å². The van der Waals surface area contributed by atoms with Gasteiger partial charge < -0.3 is 5.32 Å². The summed E-state index contributed by atoms with van der Waals surface area (Å²) in [5.74, 6) is 0. The maximum absolute atomic E-state index is 4.46. The summed E-state index contributed by atoms with van der Waals surface area (Å²) in [7, 11) is 0. The lowest BCUT2D eigenvalue weighted by Gasteiger charge is -2.05. The number of fused-ring (bicyclic) bond motifs is 1. The Morgan fingerprint density at radius 3 is 3.00 bits per heavy atom. The highest BCUT2D eigenvalue weighted by atomic mass is 79.9. The Balaban J connectivity index is 1.80. The van der Waals surface area contributed by atoms with E-state index in [-0.39, 0.29) is 0 Å². The molecule has 0 amide bonds. The number of nitrogens with zero attached hydrogens (tertiary/aromatic N) is 1. The van der Waals surface area contributed by atoms with Crippen LogP contribution in [-0.4, -0.2) is 4.98 Å². The molecule has 3 aromatic rings. The van der Waals surface area contributed by atoms with E-state index < -0.39 is 0 Å². The van der Waals surface area contributed by atoms with Gasteiger partial charge in [-0.05, 0) is 52.5 Å². The lowest BCUT2D eigenvalue weighted by molar-refractivity contribution is 1.18. The molecule has 2 heterocycles. The number of benzene rings is 1. The Morgan fingerprint density at radius 1 is 1.33 bits per heavy atom. The molecule has 0 aliphatic heterocycles. The van der Waals surface area contributed by atoms with Crippen molar-refractivity contribution >= 4 is 54.5 Å². The minimum absolute atomic E-state index is 0.849. The second-order valence-electron chi connectivity index (χ2n) is 3.96. The Kier molecular flexibility index (Phi) is 3.37. The SMILES string of the molecule is Cc1nc2ccc(NCc3sccc3Br)cc2s1. The Morgan fingerprint density at radius 2 is 2.22 bits per heavy atom. The molecule has 1 aromatic carbocycles. The zero-order valence-corrected chi connectivity index (χ0v) is 13.0. The van der Waals surface area contributed by atoms with Crippen LogP contribution in [0.5, 0.6) is 0 Å². The van der Waals surface area contributed by atoms with Gasteiger partial charge in [-0.25, -0.2) is 4.98 Å². The molecule has 5 heteroatoms.